The van der Waals surface area contributed by atoms with Gasteiger partial charge in [0.05, 0.1) is 11.0 Å². The van der Waals surface area contributed by atoms with E-state index in [1.54, 1.807) is 6.07 Å². The van der Waals surface area contributed by atoms with Crippen molar-refractivity contribution < 1.29 is 19.1 Å². The predicted molar refractivity (Wildman–Crippen MR) is 79.6 cm³/mol. The van der Waals surface area contributed by atoms with Crippen molar-refractivity contribution in [2.24, 2.45) is 5.41 Å². The van der Waals surface area contributed by atoms with Gasteiger partial charge in [0.2, 0.25) is 0 Å². The number of likely N-dealkylation sites (tertiary alicyclic amines) is 1. The minimum atomic E-state index is -0.893. The lowest BCUT2D eigenvalue weighted by molar-refractivity contribution is -0.148. The van der Waals surface area contributed by atoms with E-state index in [4.69, 9.17) is 0 Å². The Bertz CT molecular complexity index is 578. The number of carboxylic acids is 1. The van der Waals surface area contributed by atoms with Crippen LogP contribution >= 0.6 is 15.9 Å². The number of hydrogen-bond donors (Lipinski definition) is 1. The number of benzene rings is 1. The Morgan fingerprint density at radius 3 is 2.76 bits per heavy atom. The fraction of sp³-hybridized carbons (Fsp3) is 0.467. The molecule has 6 heteroatoms. The summed E-state index contributed by atoms with van der Waals surface area (Å²) >= 11 is 3.14. The zero-order valence-corrected chi connectivity index (χ0v) is 13.3. The molecule has 114 valence electrons. The summed E-state index contributed by atoms with van der Waals surface area (Å²) in [6.45, 7) is 2.41. The highest BCUT2D eigenvalue weighted by atomic mass is 79.9. The predicted octanol–water partition coefficient (Wildman–Crippen LogP) is 3.31. The number of rotatable bonds is 4. The summed E-state index contributed by atoms with van der Waals surface area (Å²) in [5, 5.41) is 9.44. The van der Waals surface area contributed by atoms with Crippen molar-refractivity contribution in [1.82, 2.24) is 4.90 Å². The summed E-state index contributed by atoms with van der Waals surface area (Å²) in [4.78, 5) is 25.3. The van der Waals surface area contributed by atoms with Crippen molar-refractivity contribution in [3.63, 3.8) is 0 Å². The number of carbonyl (C=O) groups is 2. The minimum absolute atomic E-state index is 0.0177. The maximum Gasteiger partial charge on any atom is 0.311 e. The molecule has 2 rings (SSSR count). The third-order valence-corrected chi connectivity index (χ3v) is 4.48. The van der Waals surface area contributed by atoms with Gasteiger partial charge in [-0.1, -0.05) is 29.3 Å². The molecule has 1 aromatic carbocycles. The quantitative estimate of drug-likeness (QED) is 0.899. The van der Waals surface area contributed by atoms with E-state index in [2.05, 4.69) is 15.9 Å². The standard InChI is InChI=1S/C15H17BrFNO3/c1-2-5-15(14(20)21)6-7-18(9-15)13(19)11-4-3-10(16)8-12(11)17/h3-4,8H,2,5-7,9H2,1H3,(H,20,21). The molecule has 1 fully saturated rings. The highest BCUT2D eigenvalue weighted by Gasteiger charge is 2.45. The second-order valence-electron chi connectivity index (χ2n) is 5.44. The van der Waals surface area contributed by atoms with Crippen LogP contribution in [0.1, 0.15) is 36.5 Å². The number of hydrogen-bond acceptors (Lipinski definition) is 2. The van der Waals surface area contributed by atoms with Gasteiger partial charge in [-0.2, -0.15) is 0 Å². The van der Waals surface area contributed by atoms with Crippen LogP contribution < -0.4 is 0 Å². The molecule has 4 nitrogen and oxygen atoms in total. The average molecular weight is 358 g/mol. The van der Waals surface area contributed by atoms with Crippen LogP contribution in [0.2, 0.25) is 0 Å². The zero-order valence-electron chi connectivity index (χ0n) is 11.7. The second kappa shape index (κ2) is 6.13. The van der Waals surface area contributed by atoms with Gasteiger partial charge in [-0.05, 0) is 31.0 Å². The van der Waals surface area contributed by atoms with Crippen LogP contribution in [0.25, 0.3) is 0 Å². The molecule has 0 aliphatic carbocycles. The maximum atomic E-state index is 13.9. The Hall–Kier alpha value is -1.43. The normalized spacial score (nSPS) is 21.6. The van der Waals surface area contributed by atoms with E-state index >= 15 is 0 Å². The van der Waals surface area contributed by atoms with Gasteiger partial charge in [0.15, 0.2) is 0 Å². The SMILES string of the molecule is CCCC1(C(=O)O)CCN(C(=O)c2ccc(Br)cc2F)C1. The fourth-order valence-corrected chi connectivity index (χ4v) is 3.18. The van der Waals surface area contributed by atoms with E-state index in [0.717, 1.165) is 6.42 Å². The van der Waals surface area contributed by atoms with E-state index in [9.17, 15) is 19.1 Å². The average Bonchev–Trinajstić information content (AvgIpc) is 2.84. The molecule has 0 bridgehead atoms. The summed E-state index contributed by atoms with van der Waals surface area (Å²) in [7, 11) is 0. The summed E-state index contributed by atoms with van der Waals surface area (Å²) < 4.78 is 14.4. The lowest BCUT2D eigenvalue weighted by Crippen LogP contribution is -2.37. The molecule has 0 spiro atoms. The molecule has 21 heavy (non-hydrogen) atoms. The first kappa shape index (κ1) is 15.9. The first-order valence-electron chi connectivity index (χ1n) is 6.87. The molecule has 1 N–H and O–H groups in total. The van der Waals surface area contributed by atoms with Crippen LogP contribution in [0.4, 0.5) is 4.39 Å². The molecular weight excluding hydrogens is 341 g/mol. The van der Waals surface area contributed by atoms with Gasteiger partial charge in [0, 0.05) is 17.6 Å². The highest BCUT2D eigenvalue weighted by molar-refractivity contribution is 9.10. The Labute approximate surface area is 131 Å². The van der Waals surface area contributed by atoms with Crippen molar-refractivity contribution in [3.05, 3.63) is 34.1 Å². The van der Waals surface area contributed by atoms with Crippen molar-refractivity contribution in [2.45, 2.75) is 26.2 Å². The molecular formula is C15H17BrFNO3. The van der Waals surface area contributed by atoms with Crippen LogP contribution in [-0.4, -0.2) is 35.0 Å². The third-order valence-electron chi connectivity index (χ3n) is 3.98. The van der Waals surface area contributed by atoms with Gasteiger partial charge < -0.3 is 10.0 Å². The van der Waals surface area contributed by atoms with E-state index in [0.29, 0.717) is 23.9 Å². The number of carbonyl (C=O) groups excluding carboxylic acids is 1. The first-order valence-corrected chi connectivity index (χ1v) is 7.66. The molecule has 1 aliphatic heterocycles. The summed E-state index contributed by atoms with van der Waals surface area (Å²) in [6, 6.07) is 4.25. The summed E-state index contributed by atoms with van der Waals surface area (Å²) in [6.07, 6.45) is 1.68. The Morgan fingerprint density at radius 2 is 2.19 bits per heavy atom. The zero-order chi connectivity index (χ0) is 15.6. The van der Waals surface area contributed by atoms with Crippen molar-refractivity contribution in [3.8, 4) is 0 Å². The number of nitrogens with zero attached hydrogens (tertiary/aromatic N) is 1. The largest absolute Gasteiger partial charge is 0.481 e. The highest BCUT2D eigenvalue weighted by Crippen LogP contribution is 2.36. The van der Waals surface area contributed by atoms with Crippen molar-refractivity contribution in [2.75, 3.05) is 13.1 Å². The van der Waals surface area contributed by atoms with Crippen LogP contribution in [0.5, 0.6) is 0 Å². The Balaban J connectivity index is 2.20. The smallest absolute Gasteiger partial charge is 0.311 e. The van der Waals surface area contributed by atoms with Crippen molar-refractivity contribution in [1.29, 1.82) is 0 Å². The van der Waals surface area contributed by atoms with Crippen LogP contribution in [0, 0.1) is 11.2 Å². The number of aliphatic carboxylic acids is 1. The van der Waals surface area contributed by atoms with E-state index in [-0.39, 0.29) is 12.1 Å². The molecule has 1 saturated heterocycles. The maximum absolute atomic E-state index is 13.9. The van der Waals surface area contributed by atoms with Gasteiger partial charge in [-0.25, -0.2) is 4.39 Å². The van der Waals surface area contributed by atoms with Gasteiger partial charge >= 0.3 is 5.97 Å². The molecule has 1 amide bonds. The van der Waals surface area contributed by atoms with Gasteiger partial charge in [-0.15, -0.1) is 0 Å². The lowest BCUT2D eigenvalue weighted by atomic mass is 9.83. The van der Waals surface area contributed by atoms with Gasteiger partial charge in [-0.3, -0.25) is 9.59 Å². The second-order valence-corrected chi connectivity index (χ2v) is 6.35. The third kappa shape index (κ3) is 3.10. The first-order chi connectivity index (χ1) is 9.89. The summed E-state index contributed by atoms with van der Waals surface area (Å²) in [5.74, 6) is -1.92. The number of amides is 1. The number of carboxylic acid groups (broad SMARTS) is 1. The molecule has 1 unspecified atom stereocenters. The fourth-order valence-electron chi connectivity index (χ4n) is 2.84. The molecule has 0 saturated carbocycles. The molecule has 1 atom stereocenters. The Kier molecular flexibility index (Phi) is 4.66. The minimum Gasteiger partial charge on any atom is -0.481 e. The van der Waals surface area contributed by atoms with Crippen LogP contribution in [0.3, 0.4) is 0 Å². The van der Waals surface area contributed by atoms with Gasteiger partial charge in [0.1, 0.15) is 5.82 Å². The molecule has 1 heterocycles. The lowest BCUT2D eigenvalue weighted by Gasteiger charge is -2.24. The van der Waals surface area contributed by atoms with E-state index in [1.807, 2.05) is 6.92 Å². The van der Waals surface area contributed by atoms with E-state index < -0.39 is 23.1 Å². The molecule has 1 aliphatic rings. The molecule has 1 aromatic rings. The number of halogens is 2. The Morgan fingerprint density at radius 1 is 1.48 bits per heavy atom. The van der Waals surface area contributed by atoms with Crippen LogP contribution in [-0.2, 0) is 4.79 Å². The van der Waals surface area contributed by atoms with E-state index in [1.165, 1.54) is 17.0 Å². The van der Waals surface area contributed by atoms with Crippen molar-refractivity contribution >= 4 is 27.8 Å². The molecule has 0 aromatic heterocycles. The topological polar surface area (TPSA) is 57.6 Å². The van der Waals surface area contributed by atoms with Gasteiger partial charge in [0.25, 0.3) is 5.91 Å². The monoisotopic (exact) mass is 357 g/mol. The summed E-state index contributed by atoms with van der Waals surface area (Å²) in [5.41, 5.74) is -0.910. The van der Waals surface area contributed by atoms with Crippen LogP contribution in [0.15, 0.2) is 22.7 Å². The molecule has 0 radical (unpaired) electrons.